The smallest absolute Gasteiger partial charge is 0.322 e. The van der Waals surface area contributed by atoms with Crippen LogP contribution in [0.15, 0.2) is 27.6 Å². The zero-order valence-corrected chi connectivity index (χ0v) is 14.7. The molecule has 0 aliphatic heterocycles. The monoisotopic (exact) mass is 392 g/mol. The lowest BCUT2D eigenvalue weighted by Crippen LogP contribution is -2.44. The molecule has 0 aromatic heterocycles. The standard InChI is InChI=1S/C13H17BrN2O5S/c1-7(2)12(13(18)19)16-22(20,21)9-4-5-11(10(14)6-9)15-8(3)17/h4-7,12,16H,1-3H3,(H,15,17)(H,18,19). The van der Waals surface area contributed by atoms with Gasteiger partial charge in [-0.3, -0.25) is 9.59 Å². The van der Waals surface area contributed by atoms with Crippen molar-refractivity contribution in [1.29, 1.82) is 0 Å². The van der Waals surface area contributed by atoms with Crippen LogP contribution in [0, 0.1) is 5.92 Å². The number of amides is 1. The Morgan fingerprint density at radius 1 is 1.27 bits per heavy atom. The number of carboxylic acid groups (broad SMARTS) is 1. The van der Waals surface area contributed by atoms with Crippen LogP contribution >= 0.6 is 15.9 Å². The summed E-state index contributed by atoms with van der Waals surface area (Å²) in [7, 11) is -3.99. The molecule has 1 aromatic carbocycles. The van der Waals surface area contributed by atoms with Crippen molar-refractivity contribution in [1.82, 2.24) is 4.72 Å². The summed E-state index contributed by atoms with van der Waals surface area (Å²) in [4.78, 5) is 22.0. The van der Waals surface area contributed by atoms with Crippen LogP contribution in [-0.2, 0) is 19.6 Å². The van der Waals surface area contributed by atoms with E-state index in [0.29, 0.717) is 10.2 Å². The highest BCUT2D eigenvalue weighted by molar-refractivity contribution is 9.10. The van der Waals surface area contributed by atoms with E-state index in [-0.39, 0.29) is 10.8 Å². The first-order chi connectivity index (χ1) is 10.0. The number of carboxylic acids is 1. The summed E-state index contributed by atoms with van der Waals surface area (Å²) in [5.74, 6) is -1.94. The number of carbonyl (C=O) groups is 2. The Labute approximate surface area is 137 Å². The molecule has 22 heavy (non-hydrogen) atoms. The van der Waals surface area contributed by atoms with Crippen LogP contribution in [0.1, 0.15) is 20.8 Å². The summed E-state index contributed by atoms with van der Waals surface area (Å²) in [5.41, 5.74) is 0.421. The molecule has 7 nitrogen and oxygen atoms in total. The molecule has 0 radical (unpaired) electrons. The van der Waals surface area contributed by atoms with Crippen molar-refractivity contribution >= 4 is 43.5 Å². The van der Waals surface area contributed by atoms with Crippen molar-refractivity contribution in [2.75, 3.05) is 5.32 Å². The van der Waals surface area contributed by atoms with Crippen LogP contribution in [-0.4, -0.2) is 31.4 Å². The number of rotatable bonds is 6. The van der Waals surface area contributed by atoms with E-state index < -0.39 is 28.0 Å². The maximum absolute atomic E-state index is 12.3. The Hall–Kier alpha value is -1.45. The van der Waals surface area contributed by atoms with Crippen molar-refractivity contribution in [3.8, 4) is 0 Å². The summed E-state index contributed by atoms with van der Waals surface area (Å²) in [6.45, 7) is 4.55. The first kappa shape index (κ1) is 18.6. The first-order valence-corrected chi connectivity index (χ1v) is 8.64. The molecule has 0 spiro atoms. The number of hydrogen-bond donors (Lipinski definition) is 3. The molecular weight excluding hydrogens is 376 g/mol. The van der Waals surface area contributed by atoms with Gasteiger partial charge < -0.3 is 10.4 Å². The summed E-state index contributed by atoms with van der Waals surface area (Å²) < 4.78 is 27.0. The van der Waals surface area contributed by atoms with Gasteiger partial charge in [0.25, 0.3) is 0 Å². The lowest BCUT2D eigenvalue weighted by atomic mass is 10.1. The average Bonchev–Trinajstić information content (AvgIpc) is 2.37. The molecule has 1 atom stereocenters. The maximum atomic E-state index is 12.3. The predicted octanol–water partition coefficient (Wildman–Crippen LogP) is 1.79. The minimum absolute atomic E-state index is 0.0969. The Kier molecular flexibility index (Phi) is 6.09. The van der Waals surface area contributed by atoms with Gasteiger partial charge in [0.05, 0.1) is 10.6 Å². The van der Waals surface area contributed by atoms with Crippen molar-refractivity contribution in [3.05, 3.63) is 22.7 Å². The highest BCUT2D eigenvalue weighted by Gasteiger charge is 2.28. The minimum atomic E-state index is -3.99. The zero-order chi connectivity index (χ0) is 17.1. The van der Waals surface area contributed by atoms with Gasteiger partial charge in [0.1, 0.15) is 6.04 Å². The average molecular weight is 393 g/mol. The van der Waals surface area contributed by atoms with Gasteiger partial charge in [-0.05, 0) is 40.0 Å². The van der Waals surface area contributed by atoms with E-state index in [9.17, 15) is 18.0 Å². The third-order valence-electron chi connectivity index (χ3n) is 2.78. The lowest BCUT2D eigenvalue weighted by Gasteiger charge is -2.18. The molecular formula is C13H17BrN2O5S. The Balaban J connectivity index is 3.10. The fraction of sp³-hybridized carbons (Fsp3) is 0.385. The van der Waals surface area contributed by atoms with Crippen LogP contribution < -0.4 is 10.0 Å². The third kappa shape index (κ3) is 4.79. The van der Waals surface area contributed by atoms with Crippen LogP contribution in [0.3, 0.4) is 0 Å². The summed E-state index contributed by atoms with van der Waals surface area (Å²) in [5, 5.41) is 11.6. The highest BCUT2D eigenvalue weighted by Crippen LogP contribution is 2.26. The van der Waals surface area contributed by atoms with E-state index in [1.807, 2.05) is 0 Å². The second kappa shape index (κ2) is 7.21. The number of nitrogens with one attached hydrogen (secondary N) is 2. The Morgan fingerprint density at radius 3 is 2.27 bits per heavy atom. The molecule has 1 aromatic rings. The van der Waals surface area contributed by atoms with Gasteiger partial charge in [0.15, 0.2) is 0 Å². The zero-order valence-electron chi connectivity index (χ0n) is 12.3. The van der Waals surface area contributed by atoms with Crippen molar-refractivity contribution < 1.29 is 23.1 Å². The number of carbonyl (C=O) groups excluding carboxylic acids is 1. The summed E-state index contributed by atoms with van der Waals surface area (Å²) in [6, 6.07) is 2.79. The van der Waals surface area contributed by atoms with E-state index in [4.69, 9.17) is 5.11 Å². The van der Waals surface area contributed by atoms with E-state index in [1.54, 1.807) is 13.8 Å². The molecule has 1 rings (SSSR count). The van der Waals surface area contributed by atoms with Gasteiger partial charge in [0.2, 0.25) is 15.9 Å². The van der Waals surface area contributed by atoms with E-state index in [0.717, 1.165) is 0 Å². The molecule has 0 saturated heterocycles. The molecule has 0 aliphatic carbocycles. The molecule has 1 amide bonds. The van der Waals surface area contributed by atoms with Crippen LogP contribution in [0.2, 0.25) is 0 Å². The molecule has 0 fully saturated rings. The van der Waals surface area contributed by atoms with Gasteiger partial charge in [-0.15, -0.1) is 0 Å². The molecule has 0 aliphatic rings. The Bertz CT molecular complexity index is 688. The van der Waals surface area contributed by atoms with Crippen LogP contribution in [0.4, 0.5) is 5.69 Å². The predicted molar refractivity (Wildman–Crippen MR) is 85.0 cm³/mol. The maximum Gasteiger partial charge on any atom is 0.322 e. The second-order valence-electron chi connectivity index (χ2n) is 5.00. The quantitative estimate of drug-likeness (QED) is 0.682. The molecule has 0 bridgehead atoms. The SMILES string of the molecule is CC(=O)Nc1ccc(S(=O)(=O)NC(C(=O)O)C(C)C)cc1Br. The lowest BCUT2D eigenvalue weighted by molar-refractivity contribution is -0.140. The fourth-order valence-corrected chi connectivity index (χ4v) is 3.65. The van der Waals surface area contributed by atoms with Crippen molar-refractivity contribution in [2.45, 2.75) is 31.7 Å². The molecule has 9 heteroatoms. The van der Waals surface area contributed by atoms with Crippen molar-refractivity contribution in [3.63, 3.8) is 0 Å². The second-order valence-corrected chi connectivity index (χ2v) is 7.57. The van der Waals surface area contributed by atoms with E-state index in [2.05, 4.69) is 26.0 Å². The number of benzene rings is 1. The third-order valence-corrected chi connectivity index (χ3v) is 4.87. The number of sulfonamides is 1. The summed E-state index contributed by atoms with van der Waals surface area (Å²) >= 11 is 3.17. The van der Waals surface area contributed by atoms with Gasteiger partial charge in [-0.2, -0.15) is 4.72 Å². The topological polar surface area (TPSA) is 113 Å². The largest absolute Gasteiger partial charge is 0.480 e. The first-order valence-electron chi connectivity index (χ1n) is 6.37. The Morgan fingerprint density at radius 2 is 1.86 bits per heavy atom. The van der Waals surface area contributed by atoms with Crippen LogP contribution in [0.5, 0.6) is 0 Å². The number of hydrogen-bond acceptors (Lipinski definition) is 4. The molecule has 1 unspecified atom stereocenters. The van der Waals surface area contributed by atoms with Crippen molar-refractivity contribution in [2.24, 2.45) is 5.92 Å². The summed E-state index contributed by atoms with van der Waals surface area (Å²) in [6.07, 6.45) is 0. The van der Waals surface area contributed by atoms with Gasteiger partial charge in [-0.25, -0.2) is 8.42 Å². The molecule has 0 saturated carbocycles. The van der Waals surface area contributed by atoms with Gasteiger partial charge in [-0.1, -0.05) is 13.8 Å². The molecule has 122 valence electrons. The number of anilines is 1. The molecule has 3 N–H and O–H groups in total. The van der Waals surface area contributed by atoms with Gasteiger partial charge >= 0.3 is 5.97 Å². The number of halogens is 1. The molecule has 0 heterocycles. The van der Waals surface area contributed by atoms with Crippen LogP contribution in [0.25, 0.3) is 0 Å². The highest BCUT2D eigenvalue weighted by atomic mass is 79.9. The van der Waals surface area contributed by atoms with Gasteiger partial charge in [0, 0.05) is 11.4 Å². The number of aliphatic carboxylic acids is 1. The minimum Gasteiger partial charge on any atom is -0.480 e. The normalized spacial score (nSPS) is 13.0. The van der Waals surface area contributed by atoms with E-state index >= 15 is 0 Å². The van der Waals surface area contributed by atoms with E-state index in [1.165, 1.54) is 25.1 Å². The fourth-order valence-electron chi connectivity index (χ4n) is 1.66.